The van der Waals surface area contributed by atoms with Gasteiger partial charge < -0.3 is 30.0 Å². The summed E-state index contributed by atoms with van der Waals surface area (Å²) in [4.78, 5) is 27.8. The van der Waals surface area contributed by atoms with Gasteiger partial charge in [-0.25, -0.2) is 13.2 Å². The van der Waals surface area contributed by atoms with E-state index in [4.69, 9.17) is 41.9 Å². The van der Waals surface area contributed by atoms with Gasteiger partial charge in [-0.2, -0.15) is 0 Å². The van der Waals surface area contributed by atoms with Crippen molar-refractivity contribution in [2.45, 2.75) is 19.6 Å². The number of carbonyl (C=O) groups is 2. The average Bonchev–Trinajstić information content (AvgIpc) is 2.95. The molecule has 0 bridgehead atoms. The molecule has 1 unspecified atom stereocenters. The van der Waals surface area contributed by atoms with Crippen LogP contribution in [0, 0.1) is 17.0 Å². The second-order valence-electron chi connectivity index (χ2n) is 9.03. The van der Waals surface area contributed by atoms with Gasteiger partial charge in [0.2, 0.25) is 0 Å². The Balaban J connectivity index is 1.71. The van der Waals surface area contributed by atoms with Gasteiger partial charge in [-0.1, -0.05) is 12.1 Å². The van der Waals surface area contributed by atoms with Crippen molar-refractivity contribution in [2.24, 2.45) is 5.73 Å². The number of nitrogens with two attached hydrogens (primary N) is 1. The van der Waals surface area contributed by atoms with Crippen LogP contribution in [0.25, 0.3) is 0 Å². The number of amidine groups is 1. The largest absolute Gasteiger partial charge is 0.497 e. The number of amides is 2. The molecule has 41 heavy (non-hydrogen) atoms. The van der Waals surface area contributed by atoms with Crippen LogP contribution in [-0.4, -0.2) is 86.7 Å². The third-order valence-electron chi connectivity index (χ3n) is 6.25. The van der Waals surface area contributed by atoms with Gasteiger partial charge in [-0.3, -0.25) is 19.9 Å². The minimum atomic E-state index is -1.68. The van der Waals surface area contributed by atoms with Gasteiger partial charge in [0.25, 0.3) is 11.8 Å². The Kier molecular flexibility index (Phi) is 12.1. The van der Waals surface area contributed by atoms with E-state index in [1.807, 2.05) is 0 Å². The van der Waals surface area contributed by atoms with Crippen LogP contribution >= 0.6 is 11.8 Å². The summed E-state index contributed by atoms with van der Waals surface area (Å²) in [5.74, 6) is -3.53. The average molecular weight is 598 g/mol. The van der Waals surface area contributed by atoms with Crippen LogP contribution in [0.5, 0.6) is 11.5 Å². The molecule has 4 N–H and O–H groups in total. The molecule has 1 heterocycles. The Morgan fingerprint density at radius 3 is 2.51 bits per heavy atom. The number of rotatable bonds is 14. The molecule has 1 aliphatic rings. The van der Waals surface area contributed by atoms with Crippen molar-refractivity contribution < 1.29 is 37.3 Å². The third-order valence-corrected chi connectivity index (χ3v) is 6.53. The Labute approximate surface area is 242 Å². The number of carbonyl (C=O) groups excluding carboxylic acids is 2. The van der Waals surface area contributed by atoms with Crippen molar-refractivity contribution in [3.63, 3.8) is 0 Å². The highest BCUT2D eigenvalue weighted by Gasteiger charge is 2.32. The number of hydrogen-bond acceptors (Lipinski definition) is 8. The fourth-order valence-electron chi connectivity index (χ4n) is 4.09. The predicted molar refractivity (Wildman–Crippen MR) is 147 cm³/mol. The minimum Gasteiger partial charge on any atom is -0.497 e. The predicted octanol–water partition coefficient (Wildman–Crippen LogP) is 2.34. The zero-order valence-electron chi connectivity index (χ0n) is 22.9. The molecule has 224 valence electrons. The topological polar surface area (TPSA) is 139 Å². The number of nitrogens with zero attached hydrogens (tertiary/aromatic N) is 2. The maximum absolute atomic E-state index is 14.8. The number of halogens is 3. The molecular weight excluding hydrogens is 564 g/mol. The molecule has 11 nitrogen and oxygen atoms in total. The Morgan fingerprint density at radius 2 is 1.90 bits per heavy atom. The van der Waals surface area contributed by atoms with Crippen molar-refractivity contribution in [2.75, 3.05) is 59.7 Å². The van der Waals surface area contributed by atoms with Crippen molar-refractivity contribution in [1.82, 2.24) is 14.6 Å². The summed E-state index contributed by atoms with van der Waals surface area (Å²) in [6.07, 6.45) is -1.68. The zero-order chi connectivity index (χ0) is 29.9. The lowest BCUT2D eigenvalue weighted by molar-refractivity contribution is -0.140. The van der Waals surface area contributed by atoms with E-state index in [9.17, 15) is 18.4 Å². The minimum absolute atomic E-state index is 0.0334. The van der Waals surface area contributed by atoms with Crippen molar-refractivity contribution in [3.05, 3.63) is 58.7 Å². The molecule has 0 aromatic heterocycles. The molecule has 1 saturated heterocycles. The summed E-state index contributed by atoms with van der Waals surface area (Å²) >= 11 is 6.31. The summed E-state index contributed by atoms with van der Waals surface area (Å²) in [5, 5.41) is 10.5. The van der Waals surface area contributed by atoms with Crippen LogP contribution in [0.2, 0.25) is 0 Å². The maximum Gasteiger partial charge on any atom is 0.271 e. The zero-order valence-corrected chi connectivity index (χ0v) is 23.6. The number of hydrogen-bond donors (Lipinski definition) is 3. The number of ether oxygens (including phenoxy) is 4. The maximum atomic E-state index is 14.8. The van der Waals surface area contributed by atoms with E-state index in [1.54, 1.807) is 6.92 Å². The molecule has 14 heteroatoms. The molecule has 0 spiro atoms. The van der Waals surface area contributed by atoms with Crippen LogP contribution in [-0.2, 0) is 25.6 Å². The lowest BCUT2D eigenvalue weighted by Gasteiger charge is -2.26. The van der Waals surface area contributed by atoms with Crippen LogP contribution < -0.4 is 20.5 Å². The summed E-state index contributed by atoms with van der Waals surface area (Å²) in [7, 11) is 1.26. The molecule has 2 amide bonds. The monoisotopic (exact) mass is 597 g/mol. The number of methoxy groups -OCH3 is 1. The molecule has 2 aromatic rings. The standard InChI is InChI=1S/C27H34ClF2N5O6/c1-3-40-25(24-20(29)13-19(38-2)14-21(24)30)27(37)35(28)15-18-5-4-17(26(31)32)12-22(18)41-16-23(36)33-6-7-34-8-10-39-11-9-34/h4-5,12-14,25H,3,6-11,15-16H2,1-2H3,(H3,31,32)(H,33,36). The second kappa shape index (κ2) is 15.5. The molecule has 1 atom stereocenters. The third kappa shape index (κ3) is 8.98. The number of nitrogens with one attached hydrogen (secondary N) is 2. The van der Waals surface area contributed by atoms with Gasteiger partial charge in [-0.15, -0.1) is 0 Å². The van der Waals surface area contributed by atoms with E-state index < -0.39 is 29.2 Å². The lowest BCUT2D eigenvalue weighted by atomic mass is 10.1. The van der Waals surface area contributed by atoms with Crippen molar-refractivity contribution in [1.29, 1.82) is 5.41 Å². The number of benzene rings is 2. The summed E-state index contributed by atoms with van der Waals surface area (Å²) in [6.45, 7) is 4.89. The second-order valence-corrected chi connectivity index (χ2v) is 9.44. The molecule has 0 radical (unpaired) electrons. The summed E-state index contributed by atoms with van der Waals surface area (Å²) in [6, 6.07) is 6.36. The van der Waals surface area contributed by atoms with Crippen molar-refractivity contribution >= 4 is 29.4 Å². The number of nitrogen functional groups attached to an aromatic ring is 1. The molecule has 2 aromatic carbocycles. The normalized spacial score (nSPS) is 14.3. The molecule has 3 rings (SSSR count). The van der Waals surface area contributed by atoms with Gasteiger partial charge in [0.1, 0.15) is 29.0 Å². The molecule has 0 aliphatic carbocycles. The first-order chi connectivity index (χ1) is 19.6. The first kappa shape index (κ1) is 32.0. The van der Waals surface area contributed by atoms with E-state index in [2.05, 4.69) is 10.2 Å². The molecule has 1 aliphatic heterocycles. The summed E-state index contributed by atoms with van der Waals surface area (Å²) < 4.78 is 51.5. The van der Waals surface area contributed by atoms with E-state index in [0.29, 0.717) is 41.8 Å². The van der Waals surface area contributed by atoms with Crippen molar-refractivity contribution in [3.8, 4) is 11.5 Å². The van der Waals surface area contributed by atoms with Gasteiger partial charge in [0.15, 0.2) is 12.7 Å². The highest BCUT2D eigenvalue weighted by atomic mass is 35.5. The quantitative estimate of drug-likeness (QED) is 0.171. The first-order valence-corrected chi connectivity index (χ1v) is 13.3. The van der Waals surface area contributed by atoms with Crippen LogP contribution in [0.1, 0.15) is 29.7 Å². The van der Waals surface area contributed by atoms with E-state index in [-0.39, 0.29) is 43.0 Å². The van der Waals surface area contributed by atoms with E-state index in [1.165, 1.54) is 25.3 Å². The highest BCUT2D eigenvalue weighted by Crippen LogP contribution is 2.31. The van der Waals surface area contributed by atoms with Gasteiger partial charge in [-0.05, 0) is 13.0 Å². The van der Waals surface area contributed by atoms with E-state index >= 15 is 0 Å². The Morgan fingerprint density at radius 1 is 1.22 bits per heavy atom. The lowest BCUT2D eigenvalue weighted by Crippen LogP contribution is -2.42. The van der Waals surface area contributed by atoms with Crippen LogP contribution in [0.15, 0.2) is 30.3 Å². The van der Waals surface area contributed by atoms with E-state index in [0.717, 1.165) is 25.2 Å². The van der Waals surface area contributed by atoms with Gasteiger partial charge in [0.05, 0.1) is 32.4 Å². The molecule has 1 fully saturated rings. The van der Waals surface area contributed by atoms with Crippen LogP contribution in [0.3, 0.4) is 0 Å². The molecular formula is C27H34ClF2N5O6. The van der Waals surface area contributed by atoms with Gasteiger partial charge in [0, 0.05) is 67.8 Å². The Hall–Kier alpha value is -3.52. The SMILES string of the molecule is CCOC(C(=O)N(Cl)Cc1ccc(C(=N)N)cc1OCC(=O)NCCN1CCOCC1)c1c(F)cc(OC)cc1F. The van der Waals surface area contributed by atoms with Gasteiger partial charge >= 0.3 is 0 Å². The fourth-order valence-corrected chi connectivity index (χ4v) is 4.31. The molecule has 0 saturated carbocycles. The Bertz CT molecular complexity index is 1210. The smallest absolute Gasteiger partial charge is 0.271 e. The number of morpholine rings is 1. The highest BCUT2D eigenvalue weighted by molar-refractivity contribution is 6.21. The summed E-state index contributed by atoms with van der Waals surface area (Å²) in [5.41, 5.74) is 5.67. The first-order valence-electron chi connectivity index (χ1n) is 12.9. The fraction of sp³-hybridized carbons (Fsp3) is 0.444. The van der Waals surface area contributed by atoms with Crippen LogP contribution in [0.4, 0.5) is 8.78 Å².